The smallest absolute Gasteiger partial charge is 0.165 e. The SMILES string of the molecule is CCOc1ccc(-c2nnc(C)nc2NC)cc1F. The van der Waals surface area contributed by atoms with Crippen molar-refractivity contribution in [1.29, 1.82) is 0 Å². The van der Waals surface area contributed by atoms with Crippen LogP contribution in [0.2, 0.25) is 0 Å². The lowest BCUT2D eigenvalue weighted by atomic mass is 10.1. The van der Waals surface area contributed by atoms with E-state index in [9.17, 15) is 4.39 Å². The van der Waals surface area contributed by atoms with Crippen LogP contribution in [0.1, 0.15) is 12.7 Å². The van der Waals surface area contributed by atoms with Crippen molar-refractivity contribution in [1.82, 2.24) is 15.2 Å². The van der Waals surface area contributed by atoms with E-state index in [2.05, 4.69) is 20.5 Å². The Hall–Kier alpha value is -2.24. The molecule has 0 radical (unpaired) electrons. The summed E-state index contributed by atoms with van der Waals surface area (Å²) in [5.74, 6) is 0.921. The molecular weight excluding hydrogens is 247 g/mol. The number of anilines is 1. The number of nitrogens with zero attached hydrogens (tertiary/aromatic N) is 3. The van der Waals surface area contributed by atoms with Crippen LogP contribution in [-0.2, 0) is 0 Å². The van der Waals surface area contributed by atoms with Crippen LogP contribution in [-0.4, -0.2) is 28.8 Å². The molecule has 2 aromatic rings. The Bertz CT molecular complexity index is 589. The van der Waals surface area contributed by atoms with E-state index in [1.807, 2.05) is 6.92 Å². The predicted octanol–water partition coefficient (Wildman–Crippen LogP) is 2.43. The molecule has 0 spiro atoms. The summed E-state index contributed by atoms with van der Waals surface area (Å²) in [7, 11) is 1.73. The van der Waals surface area contributed by atoms with Gasteiger partial charge >= 0.3 is 0 Å². The molecule has 0 atom stereocenters. The fourth-order valence-corrected chi connectivity index (χ4v) is 1.70. The third-order valence-electron chi connectivity index (χ3n) is 2.53. The Labute approximate surface area is 110 Å². The minimum atomic E-state index is -0.427. The molecule has 1 aromatic carbocycles. The summed E-state index contributed by atoms with van der Waals surface area (Å²) in [6.45, 7) is 3.97. The second kappa shape index (κ2) is 5.60. The van der Waals surface area contributed by atoms with Gasteiger partial charge in [0.2, 0.25) is 0 Å². The maximum absolute atomic E-state index is 13.8. The molecule has 1 heterocycles. The summed E-state index contributed by atoms with van der Waals surface area (Å²) < 4.78 is 19.0. The number of hydrogen-bond donors (Lipinski definition) is 1. The van der Waals surface area contributed by atoms with Gasteiger partial charge in [0.05, 0.1) is 6.61 Å². The molecule has 0 bridgehead atoms. The fourth-order valence-electron chi connectivity index (χ4n) is 1.70. The van der Waals surface area contributed by atoms with Crippen molar-refractivity contribution in [2.24, 2.45) is 0 Å². The van der Waals surface area contributed by atoms with Crippen LogP contribution in [0.25, 0.3) is 11.3 Å². The average molecular weight is 262 g/mol. The highest BCUT2D eigenvalue weighted by Gasteiger charge is 2.12. The fraction of sp³-hybridized carbons (Fsp3) is 0.308. The van der Waals surface area contributed by atoms with Crippen molar-refractivity contribution in [3.8, 4) is 17.0 Å². The zero-order chi connectivity index (χ0) is 13.8. The van der Waals surface area contributed by atoms with Gasteiger partial charge in [-0.3, -0.25) is 0 Å². The molecule has 1 N–H and O–H groups in total. The zero-order valence-electron chi connectivity index (χ0n) is 11.1. The second-order valence-corrected chi connectivity index (χ2v) is 3.88. The van der Waals surface area contributed by atoms with E-state index in [1.165, 1.54) is 6.07 Å². The first kappa shape index (κ1) is 13.2. The first-order valence-electron chi connectivity index (χ1n) is 5.97. The molecule has 5 nitrogen and oxygen atoms in total. The van der Waals surface area contributed by atoms with E-state index in [-0.39, 0.29) is 5.75 Å². The van der Waals surface area contributed by atoms with Gasteiger partial charge < -0.3 is 10.1 Å². The van der Waals surface area contributed by atoms with Crippen LogP contribution < -0.4 is 10.1 Å². The third kappa shape index (κ3) is 2.78. The average Bonchev–Trinajstić information content (AvgIpc) is 2.41. The normalized spacial score (nSPS) is 10.3. The van der Waals surface area contributed by atoms with E-state index in [1.54, 1.807) is 26.1 Å². The topological polar surface area (TPSA) is 59.9 Å². The molecule has 2 rings (SSSR count). The molecule has 0 aliphatic heterocycles. The van der Waals surface area contributed by atoms with Crippen LogP contribution in [0.4, 0.5) is 10.2 Å². The van der Waals surface area contributed by atoms with E-state index in [0.29, 0.717) is 29.5 Å². The lowest BCUT2D eigenvalue weighted by molar-refractivity contribution is 0.321. The van der Waals surface area contributed by atoms with E-state index in [4.69, 9.17) is 4.74 Å². The van der Waals surface area contributed by atoms with Crippen LogP contribution >= 0.6 is 0 Å². The maximum Gasteiger partial charge on any atom is 0.165 e. The molecule has 19 heavy (non-hydrogen) atoms. The maximum atomic E-state index is 13.8. The van der Waals surface area contributed by atoms with Gasteiger partial charge in [-0.25, -0.2) is 9.37 Å². The molecule has 6 heteroatoms. The predicted molar refractivity (Wildman–Crippen MR) is 70.7 cm³/mol. The Morgan fingerprint density at radius 2 is 2.11 bits per heavy atom. The highest BCUT2D eigenvalue weighted by atomic mass is 19.1. The Balaban J connectivity index is 2.44. The molecule has 0 amide bonds. The molecule has 100 valence electrons. The minimum Gasteiger partial charge on any atom is -0.491 e. The van der Waals surface area contributed by atoms with Gasteiger partial charge in [-0.1, -0.05) is 0 Å². The molecule has 0 saturated heterocycles. The van der Waals surface area contributed by atoms with Crippen LogP contribution in [0.15, 0.2) is 18.2 Å². The first-order chi connectivity index (χ1) is 9.15. The van der Waals surface area contributed by atoms with Gasteiger partial charge in [-0.05, 0) is 32.0 Å². The van der Waals surface area contributed by atoms with Gasteiger partial charge in [0.25, 0.3) is 0 Å². The Morgan fingerprint density at radius 1 is 1.32 bits per heavy atom. The Morgan fingerprint density at radius 3 is 2.74 bits per heavy atom. The number of aryl methyl sites for hydroxylation is 1. The van der Waals surface area contributed by atoms with Crippen molar-refractivity contribution < 1.29 is 9.13 Å². The minimum absolute atomic E-state index is 0.227. The zero-order valence-corrected chi connectivity index (χ0v) is 11.1. The van der Waals surface area contributed by atoms with Crippen molar-refractivity contribution >= 4 is 5.82 Å². The standard InChI is InChI=1S/C13H15FN4O/c1-4-19-11-6-5-9(7-10(11)14)12-13(15-3)16-8(2)17-18-12/h5-7H,4H2,1-3H3,(H,15,16,17). The molecule has 0 unspecified atom stereocenters. The molecular formula is C13H15FN4O. The van der Waals surface area contributed by atoms with Crippen molar-refractivity contribution in [3.05, 3.63) is 29.8 Å². The van der Waals surface area contributed by atoms with E-state index in [0.717, 1.165) is 0 Å². The Kier molecular flexibility index (Phi) is 3.89. The molecule has 0 aliphatic rings. The van der Waals surface area contributed by atoms with E-state index < -0.39 is 5.82 Å². The number of halogens is 1. The van der Waals surface area contributed by atoms with Crippen LogP contribution in [0, 0.1) is 12.7 Å². The van der Waals surface area contributed by atoms with Gasteiger partial charge in [0.1, 0.15) is 11.5 Å². The quantitative estimate of drug-likeness (QED) is 0.917. The summed E-state index contributed by atoms with van der Waals surface area (Å²) in [5, 5.41) is 10.9. The molecule has 0 aliphatic carbocycles. The number of benzene rings is 1. The lowest BCUT2D eigenvalue weighted by Crippen LogP contribution is -2.03. The summed E-state index contributed by atoms with van der Waals surface area (Å²) in [4.78, 5) is 4.22. The first-order valence-corrected chi connectivity index (χ1v) is 5.97. The summed E-state index contributed by atoms with van der Waals surface area (Å²) in [5.41, 5.74) is 1.11. The largest absolute Gasteiger partial charge is 0.491 e. The van der Waals surface area contributed by atoms with Gasteiger partial charge in [0, 0.05) is 12.6 Å². The monoisotopic (exact) mass is 262 g/mol. The van der Waals surface area contributed by atoms with Crippen LogP contribution in [0.3, 0.4) is 0 Å². The van der Waals surface area contributed by atoms with Gasteiger partial charge in [-0.2, -0.15) is 0 Å². The molecule has 0 saturated carbocycles. The summed E-state index contributed by atoms with van der Waals surface area (Å²) in [6.07, 6.45) is 0. The summed E-state index contributed by atoms with van der Waals surface area (Å²) in [6, 6.07) is 4.68. The van der Waals surface area contributed by atoms with Crippen molar-refractivity contribution in [2.45, 2.75) is 13.8 Å². The number of nitrogens with one attached hydrogen (secondary N) is 1. The third-order valence-corrected chi connectivity index (χ3v) is 2.53. The number of aromatic nitrogens is 3. The highest BCUT2D eigenvalue weighted by molar-refractivity contribution is 5.71. The van der Waals surface area contributed by atoms with Gasteiger partial charge in [0.15, 0.2) is 17.4 Å². The second-order valence-electron chi connectivity index (χ2n) is 3.88. The van der Waals surface area contributed by atoms with Crippen LogP contribution in [0.5, 0.6) is 5.75 Å². The summed E-state index contributed by atoms with van der Waals surface area (Å²) >= 11 is 0. The highest BCUT2D eigenvalue weighted by Crippen LogP contribution is 2.27. The number of rotatable bonds is 4. The van der Waals surface area contributed by atoms with Crippen molar-refractivity contribution in [2.75, 3.05) is 19.0 Å². The lowest BCUT2D eigenvalue weighted by Gasteiger charge is -2.09. The number of hydrogen-bond acceptors (Lipinski definition) is 5. The number of ether oxygens (including phenoxy) is 1. The van der Waals surface area contributed by atoms with Crippen molar-refractivity contribution in [3.63, 3.8) is 0 Å². The molecule has 1 aromatic heterocycles. The molecule has 0 fully saturated rings. The van der Waals surface area contributed by atoms with Gasteiger partial charge in [-0.15, -0.1) is 10.2 Å². The van der Waals surface area contributed by atoms with E-state index >= 15 is 0 Å².